The summed E-state index contributed by atoms with van der Waals surface area (Å²) in [5.74, 6) is -1.33. The standard InChI is InChI=1S/C15H17Cl2NO3/c1-9-12(15(20)21)6-7-18(9)14(19)5-3-10-2-4-11(16)8-13(10)17/h2,4,8-9,12H,3,5-7H2,1H3,(H,20,21). The van der Waals surface area contributed by atoms with Crippen molar-refractivity contribution in [2.45, 2.75) is 32.2 Å². The highest BCUT2D eigenvalue weighted by molar-refractivity contribution is 6.35. The quantitative estimate of drug-likeness (QED) is 0.922. The molecular formula is C15H17Cl2NO3. The smallest absolute Gasteiger partial charge is 0.308 e. The van der Waals surface area contributed by atoms with Crippen molar-refractivity contribution in [3.63, 3.8) is 0 Å². The summed E-state index contributed by atoms with van der Waals surface area (Å²) in [6.45, 7) is 2.30. The maximum Gasteiger partial charge on any atom is 0.308 e. The number of hydrogen-bond acceptors (Lipinski definition) is 2. The Morgan fingerprint density at radius 2 is 2.10 bits per heavy atom. The highest BCUT2D eigenvalue weighted by Gasteiger charge is 2.37. The van der Waals surface area contributed by atoms with Crippen molar-refractivity contribution in [2.24, 2.45) is 5.92 Å². The lowest BCUT2D eigenvalue weighted by Gasteiger charge is -2.23. The van der Waals surface area contributed by atoms with E-state index < -0.39 is 11.9 Å². The fourth-order valence-corrected chi connectivity index (χ4v) is 3.23. The Kier molecular flexibility index (Phi) is 5.12. The van der Waals surface area contributed by atoms with Gasteiger partial charge in [0.05, 0.1) is 5.92 Å². The Labute approximate surface area is 133 Å². The number of aliphatic carboxylic acids is 1. The van der Waals surface area contributed by atoms with Gasteiger partial charge in [0, 0.05) is 29.1 Å². The molecule has 2 atom stereocenters. The molecule has 1 aliphatic heterocycles. The third kappa shape index (κ3) is 3.69. The minimum Gasteiger partial charge on any atom is -0.481 e. The molecule has 0 radical (unpaired) electrons. The van der Waals surface area contributed by atoms with Crippen LogP contribution in [0.3, 0.4) is 0 Å². The second kappa shape index (κ2) is 6.67. The lowest BCUT2D eigenvalue weighted by molar-refractivity contribution is -0.143. The van der Waals surface area contributed by atoms with E-state index in [1.54, 1.807) is 24.0 Å². The van der Waals surface area contributed by atoms with Gasteiger partial charge in [-0.25, -0.2) is 0 Å². The van der Waals surface area contributed by atoms with Gasteiger partial charge >= 0.3 is 5.97 Å². The first-order valence-corrected chi connectivity index (χ1v) is 7.62. The fraction of sp³-hybridized carbons (Fsp3) is 0.467. The van der Waals surface area contributed by atoms with Crippen molar-refractivity contribution in [3.05, 3.63) is 33.8 Å². The molecule has 1 aromatic rings. The van der Waals surface area contributed by atoms with Crippen LogP contribution in [0.15, 0.2) is 18.2 Å². The number of rotatable bonds is 4. The number of halogens is 2. The molecule has 1 aromatic carbocycles. The Morgan fingerprint density at radius 1 is 1.38 bits per heavy atom. The number of aryl methyl sites for hydroxylation is 1. The predicted octanol–water partition coefficient (Wildman–Crippen LogP) is 3.25. The van der Waals surface area contributed by atoms with Gasteiger partial charge in [0.25, 0.3) is 0 Å². The average Bonchev–Trinajstić information content (AvgIpc) is 2.79. The number of benzene rings is 1. The molecule has 6 heteroatoms. The first kappa shape index (κ1) is 16.1. The Morgan fingerprint density at radius 3 is 2.67 bits per heavy atom. The zero-order valence-corrected chi connectivity index (χ0v) is 13.2. The molecule has 1 amide bonds. The van der Waals surface area contributed by atoms with Gasteiger partial charge in [0.1, 0.15) is 0 Å². The van der Waals surface area contributed by atoms with Crippen molar-refractivity contribution in [3.8, 4) is 0 Å². The number of carboxylic acids is 1. The molecule has 21 heavy (non-hydrogen) atoms. The number of carbonyl (C=O) groups is 2. The zero-order valence-electron chi connectivity index (χ0n) is 11.7. The molecular weight excluding hydrogens is 313 g/mol. The largest absolute Gasteiger partial charge is 0.481 e. The molecule has 0 bridgehead atoms. The summed E-state index contributed by atoms with van der Waals surface area (Å²) < 4.78 is 0. The molecule has 2 rings (SSSR count). The highest BCUT2D eigenvalue weighted by atomic mass is 35.5. The second-order valence-corrected chi connectivity index (χ2v) is 6.14. The summed E-state index contributed by atoms with van der Waals surface area (Å²) in [6.07, 6.45) is 1.36. The van der Waals surface area contributed by atoms with Crippen LogP contribution < -0.4 is 0 Å². The van der Waals surface area contributed by atoms with Crippen LogP contribution in [0, 0.1) is 5.92 Å². The summed E-state index contributed by atoms with van der Waals surface area (Å²) in [4.78, 5) is 25.0. The molecule has 0 saturated carbocycles. The molecule has 0 spiro atoms. The number of carbonyl (C=O) groups excluding carboxylic acids is 1. The van der Waals surface area contributed by atoms with E-state index in [1.807, 2.05) is 6.07 Å². The molecule has 0 aliphatic carbocycles. The number of amides is 1. The minimum atomic E-state index is -0.835. The average molecular weight is 330 g/mol. The zero-order chi connectivity index (χ0) is 15.6. The number of likely N-dealkylation sites (tertiary alicyclic amines) is 1. The molecule has 1 N–H and O–H groups in total. The van der Waals surface area contributed by atoms with Crippen molar-refractivity contribution >= 4 is 35.1 Å². The van der Waals surface area contributed by atoms with Gasteiger partial charge in [-0.1, -0.05) is 29.3 Å². The molecule has 1 aliphatic rings. The van der Waals surface area contributed by atoms with Crippen molar-refractivity contribution < 1.29 is 14.7 Å². The monoisotopic (exact) mass is 329 g/mol. The van der Waals surface area contributed by atoms with Crippen LogP contribution in [-0.4, -0.2) is 34.5 Å². The van der Waals surface area contributed by atoms with Gasteiger partial charge in [0.15, 0.2) is 0 Å². The van der Waals surface area contributed by atoms with Gasteiger partial charge in [0.2, 0.25) is 5.91 Å². The lowest BCUT2D eigenvalue weighted by Crippen LogP contribution is -2.37. The molecule has 1 heterocycles. The molecule has 4 nitrogen and oxygen atoms in total. The van der Waals surface area contributed by atoms with E-state index in [9.17, 15) is 9.59 Å². The van der Waals surface area contributed by atoms with Crippen LogP contribution in [0.4, 0.5) is 0 Å². The van der Waals surface area contributed by atoms with E-state index in [1.165, 1.54) is 0 Å². The van der Waals surface area contributed by atoms with Crippen LogP contribution in [0.25, 0.3) is 0 Å². The lowest BCUT2D eigenvalue weighted by atomic mass is 10.0. The number of hydrogen-bond donors (Lipinski definition) is 1. The van der Waals surface area contributed by atoms with E-state index in [0.29, 0.717) is 35.9 Å². The molecule has 1 fully saturated rings. The highest BCUT2D eigenvalue weighted by Crippen LogP contribution is 2.26. The Bertz CT molecular complexity index is 562. The predicted molar refractivity (Wildman–Crippen MR) is 81.7 cm³/mol. The maximum absolute atomic E-state index is 12.2. The Balaban J connectivity index is 1.95. The van der Waals surface area contributed by atoms with Crippen LogP contribution in [0.1, 0.15) is 25.3 Å². The summed E-state index contributed by atoms with van der Waals surface area (Å²) in [5, 5.41) is 10.2. The third-order valence-corrected chi connectivity index (χ3v) is 4.60. The fourth-order valence-electron chi connectivity index (χ4n) is 2.73. The first-order valence-electron chi connectivity index (χ1n) is 6.86. The van der Waals surface area contributed by atoms with Crippen LogP contribution in [0.2, 0.25) is 10.0 Å². The number of nitrogens with zero attached hydrogens (tertiary/aromatic N) is 1. The van der Waals surface area contributed by atoms with Crippen LogP contribution in [0.5, 0.6) is 0 Å². The summed E-state index contributed by atoms with van der Waals surface area (Å²) in [7, 11) is 0. The first-order chi connectivity index (χ1) is 9.90. The SMILES string of the molecule is CC1C(C(=O)O)CCN1C(=O)CCc1ccc(Cl)cc1Cl. The van der Waals surface area contributed by atoms with Gasteiger partial charge in [-0.3, -0.25) is 9.59 Å². The molecule has 0 aromatic heterocycles. The van der Waals surface area contributed by atoms with E-state index in [-0.39, 0.29) is 11.9 Å². The van der Waals surface area contributed by atoms with E-state index in [2.05, 4.69) is 0 Å². The minimum absolute atomic E-state index is 0.0303. The van der Waals surface area contributed by atoms with Crippen LogP contribution >= 0.6 is 23.2 Å². The second-order valence-electron chi connectivity index (χ2n) is 5.30. The molecule has 1 saturated heterocycles. The molecule has 2 unspecified atom stereocenters. The number of carboxylic acid groups (broad SMARTS) is 1. The maximum atomic E-state index is 12.2. The Hall–Kier alpha value is -1.26. The summed E-state index contributed by atoms with van der Waals surface area (Å²) in [5.41, 5.74) is 0.871. The van der Waals surface area contributed by atoms with Crippen molar-refractivity contribution in [2.75, 3.05) is 6.54 Å². The third-order valence-electron chi connectivity index (χ3n) is 4.02. The van der Waals surface area contributed by atoms with E-state index in [0.717, 1.165) is 5.56 Å². The topological polar surface area (TPSA) is 57.6 Å². The van der Waals surface area contributed by atoms with Gasteiger partial charge in [-0.15, -0.1) is 0 Å². The van der Waals surface area contributed by atoms with Crippen molar-refractivity contribution in [1.29, 1.82) is 0 Å². The van der Waals surface area contributed by atoms with Crippen LogP contribution in [-0.2, 0) is 16.0 Å². The molecule has 114 valence electrons. The summed E-state index contributed by atoms with van der Waals surface area (Å²) >= 11 is 11.9. The normalized spacial score (nSPS) is 21.6. The van der Waals surface area contributed by atoms with Gasteiger partial charge < -0.3 is 10.0 Å². The van der Waals surface area contributed by atoms with Gasteiger partial charge in [-0.2, -0.15) is 0 Å². The van der Waals surface area contributed by atoms with E-state index in [4.69, 9.17) is 28.3 Å². The van der Waals surface area contributed by atoms with Gasteiger partial charge in [-0.05, 0) is 37.5 Å². The summed E-state index contributed by atoms with van der Waals surface area (Å²) in [6, 6.07) is 4.95. The van der Waals surface area contributed by atoms with Crippen molar-refractivity contribution in [1.82, 2.24) is 4.90 Å². The van der Waals surface area contributed by atoms with E-state index >= 15 is 0 Å².